The van der Waals surface area contributed by atoms with Crippen LogP contribution in [-0.4, -0.2) is 60.1 Å². The Morgan fingerprint density at radius 3 is 2.85 bits per heavy atom. The first-order valence-corrected chi connectivity index (χ1v) is 11.3. The largest absolute Gasteiger partial charge is 0.361 e. The summed E-state index contributed by atoms with van der Waals surface area (Å²) >= 11 is 0. The number of benzene rings is 2. The molecule has 2 aliphatic heterocycles. The molecule has 0 unspecified atom stereocenters. The second-order valence-corrected chi connectivity index (χ2v) is 8.74. The third kappa shape index (κ3) is 4.24. The van der Waals surface area contributed by atoms with E-state index in [4.69, 9.17) is 4.74 Å². The first kappa shape index (κ1) is 21.6. The van der Waals surface area contributed by atoms with Crippen molar-refractivity contribution in [2.45, 2.75) is 18.6 Å². The van der Waals surface area contributed by atoms with Gasteiger partial charge < -0.3 is 20.4 Å². The first-order chi connectivity index (χ1) is 16.0. The van der Waals surface area contributed by atoms with Gasteiger partial charge in [0.15, 0.2) is 5.60 Å². The van der Waals surface area contributed by atoms with E-state index in [9.17, 15) is 14.0 Å². The molecule has 5 rings (SSSR count). The smallest absolute Gasteiger partial charge is 0.254 e. The van der Waals surface area contributed by atoms with Crippen molar-refractivity contribution in [3.63, 3.8) is 0 Å². The maximum Gasteiger partial charge on any atom is 0.254 e. The molecule has 8 heteroatoms. The predicted molar refractivity (Wildman–Crippen MR) is 122 cm³/mol. The molecule has 3 heterocycles. The number of halogens is 1. The van der Waals surface area contributed by atoms with Gasteiger partial charge in [-0.15, -0.1) is 0 Å². The molecule has 2 amide bonds. The fourth-order valence-corrected chi connectivity index (χ4v) is 4.95. The molecular weight excluding hydrogens is 423 g/mol. The zero-order chi connectivity index (χ0) is 22.8. The Kier molecular flexibility index (Phi) is 5.86. The average Bonchev–Trinajstić information content (AvgIpc) is 3.40. The quantitative estimate of drug-likeness (QED) is 0.536. The summed E-state index contributed by atoms with van der Waals surface area (Å²) in [4.78, 5) is 31.4. The normalized spacial score (nSPS) is 23.2. The zero-order valence-electron chi connectivity index (χ0n) is 18.3. The van der Waals surface area contributed by atoms with E-state index in [2.05, 4.69) is 21.7 Å². The Bertz CT molecular complexity index is 1160. The van der Waals surface area contributed by atoms with Crippen molar-refractivity contribution in [1.29, 1.82) is 0 Å². The minimum Gasteiger partial charge on any atom is -0.361 e. The number of hydrogen-bond donors (Lipinski definition) is 3. The number of morpholine rings is 1. The van der Waals surface area contributed by atoms with Gasteiger partial charge in [-0.3, -0.25) is 14.5 Å². The zero-order valence-corrected chi connectivity index (χ0v) is 18.3. The van der Waals surface area contributed by atoms with Crippen molar-refractivity contribution in [3.8, 4) is 0 Å². The summed E-state index contributed by atoms with van der Waals surface area (Å²) < 4.78 is 19.3. The number of rotatable bonds is 6. The van der Waals surface area contributed by atoms with E-state index >= 15 is 0 Å². The Morgan fingerprint density at radius 2 is 2.03 bits per heavy atom. The molecule has 0 bridgehead atoms. The highest BCUT2D eigenvalue weighted by Gasteiger charge is 2.57. The highest BCUT2D eigenvalue weighted by molar-refractivity contribution is 5.94. The number of hydrogen-bond acceptors (Lipinski definition) is 4. The van der Waals surface area contributed by atoms with Crippen molar-refractivity contribution in [1.82, 2.24) is 20.5 Å². The Labute approximate surface area is 191 Å². The van der Waals surface area contributed by atoms with Crippen molar-refractivity contribution >= 4 is 22.7 Å². The average molecular weight is 451 g/mol. The van der Waals surface area contributed by atoms with Gasteiger partial charge in [-0.1, -0.05) is 30.3 Å². The highest BCUT2D eigenvalue weighted by Crippen LogP contribution is 2.34. The number of amides is 2. The fraction of sp³-hybridized carbons (Fsp3) is 0.360. The van der Waals surface area contributed by atoms with E-state index in [-0.39, 0.29) is 17.6 Å². The Morgan fingerprint density at radius 1 is 1.21 bits per heavy atom. The predicted octanol–water partition coefficient (Wildman–Crippen LogP) is 1.98. The number of nitrogens with one attached hydrogen (secondary N) is 3. The van der Waals surface area contributed by atoms with E-state index in [0.29, 0.717) is 45.8 Å². The number of carbonyl (C=O) groups excluding carboxylic acids is 2. The maximum atomic E-state index is 13.3. The van der Waals surface area contributed by atoms with Crippen LogP contribution in [0, 0.1) is 11.7 Å². The van der Waals surface area contributed by atoms with Crippen LogP contribution in [0.4, 0.5) is 4.39 Å². The maximum absolute atomic E-state index is 13.3. The van der Waals surface area contributed by atoms with E-state index in [1.807, 2.05) is 29.3 Å². The van der Waals surface area contributed by atoms with Gasteiger partial charge in [0, 0.05) is 49.8 Å². The SMILES string of the molecule is O=C(NCCc1c[nH]c2ccccc12)[C@H]1CN(Cc2ccc(F)cc2)C[C@@]12OCCNC2=O. The van der Waals surface area contributed by atoms with Crippen LogP contribution in [0.25, 0.3) is 10.9 Å². The number of para-hydroxylation sites is 1. The molecule has 0 saturated carbocycles. The van der Waals surface area contributed by atoms with Crippen LogP contribution in [0.5, 0.6) is 0 Å². The molecule has 0 aliphatic carbocycles. The van der Waals surface area contributed by atoms with Crippen molar-refractivity contribution in [2.75, 3.05) is 32.8 Å². The molecule has 0 radical (unpaired) electrons. The number of aromatic nitrogens is 1. The van der Waals surface area contributed by atoms with Gasteiger partial charge in [0.2, 0.25) is 5.91 Å². The van der Waals surface area contributed by atoms with Gasteiger partial charge in [0.05, 0.1) is 12.5 Å². The van der Waals surface area contributed by atoms with Crippen LogP contribution < -0.4 is 10.6 Å². The topological polar surface area (TPSA) is 86.5 Å². The van der Waals surface area contributed by atoms with Crippen LogP contribution in [0.1, 0.15) is 11.1 Å². The molecule has 1 aromatic heterocycles. The first-order valence-electron chi connectivity index (χ1n) is 11.3. The number of carbonyl (C=O) groups is 2. The Balaban J connectivity index is 1.28. The molecule has 172 valence electrons. The summed E-state index contributed by atoms with van der Waals surface area (Å²) in [5.41, 5.74) is 1.92. The summed E-state index contributed by atoms with van der Waals surface area (Å²) in [7, 11) is 0. The van der Waals surface area contributed by atoms with Crippen LogP contribution in [-0.2, 0) is 27.3 Å². The van der Waals surface area contributed by atoms with E-state index < -0.39 is 11.5 Å². The molecule has 2 saturated heterocycles. The molecule has 33 heavy (non-hydrogen) atoms. The molecule has 7 nitrogen and oxygen atoms in total. The summed E-state index contributed by atoms with van der Waals surface area (Å²) in [6, 6.07) is 14.3. The Hall–Kier alpha value is -3.23. The van der Waals surface area contributed by atoms with Crippen molar-refractivity contribution in [3.05, 3.63) is 71.7 Å². The minimum atomic E-state index is -1.21. The molecule has 2 atom stereocenters. The number of likely N-dealkylation sites (tertiary alicyclic amines) is 1. The molecule has 2 aliphatic rings. The van der Waals surface area contributed by atoms with Crippen molar-refractivity contribution in [2.24, 2.45) is 5.92 Å². The van der Waals surface area contributed by atoms with Gasteiger partial charge in [0.25, 0.3) is 5.91 Å². The number of nitrogens with zero attached hydrogens (tertiary/aromatic N) is 1. The van der Waals surface area contributed by atoms with Gasteiger partial charge >= 0.3 is 0 Å². The molecular formula is C25H27FN4O3. The lowest BCUT2D eigenvalue weighted by molar-refractivity contribution is -0.163. The second-order valence-electron chi connectivity index (χ2n) is 8.74. The standard InChI is InChI=1S/C25H27FN4O3/c26-19-7-5-17(6-8-19)14-30-15-21(25(16-30)24(32)28-11-12-33-25)23(31)27-10-9-18-13-29-22-4-2-1-3-20(18)22/h1-8,13,21,29H,9-12,14-16H2,(H,27,31)(H,28,32)/t21-,25-/m1/s1. The third-order valence-corrected chi connectivity index (χ3v) is 6.60. The summed E-state index contributed by atoms with van der Waals surface area (Å²) in [5.74, 6) is -1.35. The highest BCUT2D eigenvalue weighted by atomic mass is 19.1. The van der Waals surface area contributed by atoms with E-state index in [1.54, 1.807) is 12.1 Å². The fourth-order valence-electron chi connectivity index (χ4n) is 4.95. The molecule has 2 fully saturated rings. The van der Waals surface area contributed by atoms with Gasteiger partial charge in [-0.25, -0.2) is 4.39 Å². The van der Waals surface area contributed by atoms with Crippen LogP contribution in [0.15, 0.2) is 54.7 Å². The van der Waals surface area contributed by atoms with Crippen LogP contribution in [0.2, 0.25) is 0 Å². The molecule has 1 spiro atoms. The molecule has 2 aromatic carbocycles. The summed E-state index contributed by atoms with van der Waals surface area (Å²) in [6.07, 6.45) is 2.65. The van der Waals surface area contributed by atoms with E-state index in [0.717, 1.165) is 22.0 Å². The number of ether oxygens (including phenoxy) is 1. The lowest BCUT2D eigenvalue weighted by Crippen LogP contribution is -2.62. The lowest BCUT2D eigenvalue weighted by atomic mass is 9.87. The summed E-state index contributed by atoms with van der Waals surface area (Å²) in [5, 5.41) is 7.03. The molecule has 3 N–H and O–H groups in total. The minimum absolute atomic E-state index is 0.187. The van der Waals surface area contributed by atoms with Crippen LogP contribution >= 0.6 is 0 Å². The number of fused-ring (bicyclic) bond motifs is 1. The van der Waals surface area contributed by atoms with Gasteiger partial charge in [-0.05, 0) is 35.7 Å². The molecule has 3 aromatic rings. The summed E-state index contributed by atoms with van der Waals surface area (Å²) in [6.45, 7) is 2.49. The third-order valence-electron chi connectivity index (χ3n) is 6.60. The second kappa shape index (κ2) is 8.96. The van der Waals surface area contributed by atoms with Crippen LogP contribution in [0.3, 0.4) is 0 Å². The monoisotopic (exact) mass is 450 g/mol. The van der Waals surface area contributed by atoms with Crippen molar-refractivity contribution < 1.29 is 18.7 Å². The lowest BCUT2D eigenvalue weighted by Gasteiger charge is -2.36. The van der Waals surface area contributed by atoms with Gasteiger partial charge in [-0.2, -0.15) is 0 Å². The van der Waals surface area contributed by atoms with Gasteiger partial charge in [0.1, 0.15) is 5.82 Å². The van der Waals surface area contributed by atoms with E-state index in [1.165, 1.54) is 12.1 Å². The number of aromatic amines is 1. The number of H-pyrrole nitrogens is 1.